The van der Waals surface area contributed by atoms with E-state index in [9.17, 15) is 14.0 Å². The molecule has 2 unspecified atom stereocenters. The minimum atomic E-state index is -0.721. The van der Waals surface area contributed by atoms with Crippen LogP contribution in [-0.2, 0) is 4.74 Å². The molecular weight excluding hydrogens is 480 g/mol. The number of benzene rings is 1. The summed E-state index contributed by atoms with van der Waals surface area (Å²) in [5.74, 6) is -1.25. The molecule has 1 fully saturated rings. The Bertz CT molecular complexity index is 1590. The molecule has 0 radical (unpaired) electrons. The highest BCUT2D eigenvalue weighted by atomic mass is 19.1. The first-order chi connectivity index (χ1) is 17.4. The van der Waals surface area contributed by atoms with Gasteiger partial charge < -0.3 is 14.0 Å². The van der Waals surface area contributed by atoms with Gasteiger partial charge in [0.05, 0.1) is 17.5 Å². The summed E-state index contributed by atoms with van der Waals surface area (Å²) < 4.78 is 38.4. The number of hydrogen-bond acceptors (Lipinski definition) is 5. The minimum absolute atomic E-state index is 0.117. The molecule has 1 aromatic carbocycles. The van der Waals surface area contributed by atoms with Crippen LogP contribution >= 0.6 is 0 Å². The second kappa shape index (κ2) is 8.93. The van der Waals surface area contributed by atoms with Crippen molar-refractivity contribution in [3.05, 3.63) is 64.6 Å². The Labute approximate surface area is 212 Å². The second-order valence-corrected chi connectivity index (χ2v) is 10.7. The number of rotatable bonds is 2. The average Bonchev–Trinajstić information content (AvgIpc) is 3.18. The van der Waals surface area contributed by atoms with Crippen LogP contribution in [0.5, 0.6) is 0 Å². The predicted molar refractivity (Wildman–Crippen MR) is 136 cm³/mol. The number of aromatic nitrogens is 4. The molecule has 37 heavy (non-hydrogen) atoms. The Balaban J connectivity index is 1.45. The summed E-state index contributed by atoms with van der Waals surface area (Å²) in [6.45, 7) is 9.52. The molecule has 3 aromatic heterocycles. The van der Waals surface area contributed by atoms with Gasteiger partial charge >= 0.3 is 6.09 Å². The summed E-state index contributed by atoms with van der Waals surface area (Å²) in [6, 6.07) is 3.71. The summed E-state index contributed by atoms with van der Waals surface area (Å²) in [5, 5.41) is -0.117. The Hall–Kier alpha value is -3.82. The number of piperidine rings is 1. The molecular formula is C27H29F2N5O3. The van der Waals surface area contributed by atoms with E-state index in [4.69, 9.17) is 4.74 Å². The van der Waals surface area contributed by atoms with Crippen LogP contribution in [0.2, 0.25) is 0 Å². The van der Waals surface area contributed by atoms with Crippen LogP contribution in [0.1, 0.15) is 52.3 Å². The van der Waals surface area contributed by atoms with Crippen LogP contribution in [0.25, 0.3) is 27.7 Å². The Kier molecular flexibility index (Phi) is 6.00. The lowest BCUT2D eigenvalue weighted by atomic mass is 9.98. The van der Waals surface area contributed by atoms with Gasteiger partial charge in [0.25, 0.3) is 5.56 Å². The van der Waals surface area contributed by atoms with Crippen molar-refractivity contribution < 1.29 is 18.3 Å². The Morgan fingerprint density at radius 3 is 2.54 bits per heavy atom. The number of imidazole rings is 1. The fourth-order valence-corrected chi connectivity index (χ4v) is 4.97. The van der Waals surface area contributed by atoms with Crippen LogP contribution in [0.4, 0.5) is 13.6 Å². The van der Waals surface area contributed by atoms with E-state index in [2.05, 4.69) is 9.97 Å². The van der Waals surface area contributed by atoms with E-state index in [1.54, 1.807) is 34.7 Å². The SMILES string of the molecule is Cc1cn2cc(-c3cc(F)c4c(=O)n(C5CCN(C(=O)OC(C)(C)C)C(C)C5)cnc4c3)cc(F)c2n1. The smallest absolute Gasteiger partial charge is 0.410 e. The van der Waals surface area contributed by atoms with E-state index in [1.807, 2.05) is 27.7 Å². The van der Waals surface area contributed by atoms with Gasteiger partial charge in [-0.05, 0) is 71.2 Å². The van der Waals surface area contributed by atoms with Crippen molar-refractivity contribution in [1.29, 1.82) is 0 Å². The third-order valence-electron chi connectivity index (χ3n) is 6.67. The Morgan fingerprint density at radius 2 is 1.84 bits per heavy atom. The lowest BCUT2D eigenvalue weighted by Crippen LogP contribution is -2.48. The summed E-state index contributed by atoms with van der Waals surface area (Å²) in [4.78, 5) is 36.1. The highest BCUT2D eigenvalue weighted by molar-refractivity contribution is 5.84. The van der Waals surface area contributed by atoms with E-state index in [-0.39, 0.29) is 34.7 Å². The van der Waals surface area contributed by atoms with Crippen molar-refractivity contribution in [2.45, 2.75) is 65.1 Å². The molecule has 0 bridgehead atoms. The van der Waals surface area contributed by atoms with Gasteiger partial charge in [0, 0.05) is 36.6 Å². The van der Waals surface area contributed by atoms with Crippen LogP contribution < -0.4 is 5.56 Å². The lowest BCUT2D eigenvalue weighted by molar-refractivity contribution is 0.00769. The average molecular weight is 510 g/mol. The first-order valence-corrected chi connectivity index (χ1v) is 12.3. The number of fused-ring (bicyclic) bond motifs is 2. The second-order valence-electron chi connectivity index (χ2n) is 10.7. The summed E-state index contributed by atoms with van der Waals surface area (Å²) in [5.41, 5.74) is 0.809. The molecule has 8 nitrogen and oxygen atoms in total. The number of aryl methyl sites for hydroxylation is 1. The fraction of sp³-hybridized carbons (Fsp3) is 0.407. The number of likely N-dealkylation sites (tertiary alicyclic amines) is 1. The van der Waals surface area contributed by atoms with Gasteiger partial charge in [-0.2, -0.15) is 0 Å². The van der Waals surface area contributed by atoms with Crippen molar-refractivity contribution >= 4 is 22.6 Å². The third-order valence-corrected chi connectivity index (χ3v) is 6.67. The summed E-state index contributed by atoms with van der Waals surface area (Å²) in [7, 11) is 0. The topological polar surface area (TPSA) is 81.7 Å². The molecule has 1 aliphatic heterocycles. The standard InChI is InChI=1S/C27H29F2N5O3/c1-15-12-32-13-18(10-21(29)24(32)31-15)17-9-20(28)23-22(11-17)30-14-34(25(23)35)19-6-7-33(16(2)8-19)26(36)37-27(3,4)5/h9-14,16,19H,6-8H2,1-5H3. The predicted octanol–water partition coefficient (Wildman–Crippen LogP) is 5.26. The number of amides is 1. The molecule has 2 atom stereocenters. The number of halogens is 2. The van der Waals surface area contributed by atoms with Crippen LogP contribution in [0.3, 0.4) is 0 Å². The van der Waals surface area contributed by atoms with Gasteiger partial charge in [-0.1, -0.05) is 0 Å². The van der Waals surface area contributed by atoms with E-state index < -0.39 is 22.8 Å². The van der Waals surface area contributed by atoms with Gasteiger partial charge in [-0.15, -0.1) is 0 Å². The first-order valence-electron chi connectivity index (χ1n) is 12.3. The number of hydrogen-bond donors (Lipinski definition) is 0. The first kappa shape index (κ1) is 24.9. The zero-order chi connectivity index (χ0) is 26.6. The van der Waals surface area contributed by atoms with E-state index in [1.165, 1.54) is 23.0 Å². The van der Waals surface area contributed by atoms with Crippen molar-refractivity contribution in [3.63, 3.8) is 0 Å². The Morgan fingerprint density at radius 1 is 1.11 bits per heavy atom. The van der Waals surface area contributed by atoms with Crippen LogP contribution in [0, 0.1) is 18.6 Å². The fourth-order valence-electron chi connectivity index (χ4n) is 4.97. The number of carbonyl (C=O) groups is 1. The summed E-state index contributed by atoms with van der Waals surface area (Å²) in [6.07, 6.45) is 5.42. The molecule has 4 aromatic rings. The van der Waals surface area contributed by atoms with Crippen LogP contribution in [0.15, 0.2) is 41.7 Å². The molecule has 10 heteroatoms. The minimum Gasteiger partial charge on any atom is -0.444 e. The van der Waals surface area contributed by atoms with Gasteiger partial charge in [0.2, 0.25) is 0 Å². The molecule has 4 heterocycles. The van der Waals surface area contributed by atoms with Crippen LogP contribution in [-0.4, -0.2) is 48.1 Å². The summed E-state index contributed by atoms with van der Waals surface area (Å²) >= 11 is 0. The van der Waals surface area contributed by atoms with E-state index in [0.29, 0.717) is 36.2 Å². The molecule has 194 valence electrons. The molecule has 1 aliphatic rings. The van der Waals surface area contributed by atoms with Crippen molar-refractivity contribution in [3.8, 4) is 11.1 Å². The number of ether oxygens (including phenoxy) is 1. The number of nitrogens with zero attached hydrogens (tertiary/aromatic N) is 5. The van der Waals surface area contributed by atoms with Gasteiger partial charge in [-0.25, -0.2) is 23.5 Å². The molecule has 1 saturated heterocycles. The monoisotopic (exact) mass is 509 g/mol. The molecule has 5 rings (SSSR count). The maximum Gasteiger partial charge on any atom is 0.410 e. The van der Waals surface area contributed by atoms with Gasteiger partial charge in [0.1, 0.15) is 16.8 Å². The maximum absolute atomic E-state index is 15.3. The quantitative estimate of drug-likeness (QED) is 0.368. The zero-order valence-electron chi connectivity index (χ0n) is 21.5. The zero-order valence-corrected chi connectivity index (χ0v) is 21.5. The molecule has 0 aliphatic carbocycles. The number of pyridine rings is 1. The maximum atomic E-state index is 15.3. The lowest BCUT2D eigenvalue weighted by Gasteiger charge is -2.38. The molecule has 0 N–H and O–H groups in total. The molecule has 0 saturated carbocycles. The molecule has 1 amide bonds. The van der Waals surface area contributed by atoms with Gasteiger partial charge in [-0.3, -0.25) is 9.36 Å². The van der Waals surface area contributed by atoms with Crippen molar-refractivity contribution in [1.82, 2.24) is 23.8 Å². The largest absolute Gasteiger partial charge is 0.444 e. The highest BCUT2D eigenvalue weighted by Gasteiger charge is 2.33. The van der Waals surface area contributed by atoms with E-state index >= 15 is 4.39 Å². The van der Waals surface area contributed by atoms with Crippen molar-refractivity contribution in [2.24, 2.45) is 0 Å². The highest BCUT2D eigenvalue weighted by Crippen LogP contribution is 2.30. The normalized spacial score (nSPS) is 18.5. The third kappa shape index (κ3) is 4.68. The van der Waals surface area contributed by atoms with Gasteiger partial charge in [0.15, 0.2) is 11.5 Å². The van der Waals surface area contributed by atoms with E-state index in [0.717, 1.165) is 0 Å². The van der Waals surface area contributed by atoms with Crippen molar-refractivity contribution in [2.75, 3.05) is 6.54 Å². The number of carbonyl (C=O) groups excluding carboxylic acids is 1. The molecule has 0 spiro atoms.